The second-order valence-electron chi connectivity index (χ2n) is 6.03. The maximum absolute atomic E-state index is 12.6. The van der Waals surface area contributed by atoms with Crippen molar-refractivity contribution in [2.75, 3.05) is 11.3 Å². The molecule has 0 radical (unpaired) electrons. The first-order valence-corrected chi connectivity index (χ1v) is 9.81. The quantitative estimate of drug-likeness (QED) is 0.657. The topological polar surface area (TPSA) is 110 Å². The molecular weight excluding hydrogens is 356 g/mol. The Morgan fingerprint density at radius 2 is 2.04 bits per heavy atom. The fourth-order valence-electron chi connectivity index (χ4n) is 2.49. The third-order valence-corrected chi connectivity index (χ3v) is 5.34. The zero-order valence-electron chi connectivity index (χ0n) is 14.1. The van der Waals surface area contributed by atoms with Crippen LogP contribution in [-0.4, -0.2) is 30.2 Å². The molecule has 2 aromatic heterocycles. The summed E-state index contributed by atoms with van der Waals surface area (Å²) in [6, 6.07) is 8.19. The fraction of sp³-hybridized carbons (Fsp3) is 0.294. The highest BCUT2D eigenvalue weighted by Gasteiger charge is 2.30. The minimum Gasteiger partial charge on any atom is -0.494 e. The van der Waals surface area contributed by atoms with Crippen LogP contribution in [0.15, 0.2) is 45.8 Å². The molecule has 26 heavy (non-hydrogen) atoms. The molecule has 2 N–H and O–H groups in total. The van der Waals surface area contributed by atoms with Crippen molar-refractivity contribution < 1.29 is 17.6 Å². The van der Waals surface area contributed by atoms with Gasteiger partial charge in [0.05, 0.1) is 6.61 Å². The summed E-state index contributed by atoms with van der Waals surface area (Å²) in [5.74, 6) is 1.92. The van der Waals surface area contributed by atoms with Gasteiger partial charge in [-0.25, -0.2) is 8.42 Å². The zero-order valence-corrected chi connectivity index (χ0v) is 14.9. The number of sulfonamides is 1. The van der Waals surface area contributed by atoms with Crippen molar-refractivity contribution in [2.45, 2.75) is 30.6 Å². The van der Waals surface area contributed by atoms with Crippen molar-refractivity contribution in [2.24, 2.45) is 0 Å². The maximum Gasteiger partial charge on any atom is 0.264 e. The third kappa shape index (κ3) is 3.43. The summed E-state index contributed by atoms with van der Waals surface area (Å²) >= 11 is 0. The van der Waals surface area contributed by atoms with Crippen LogP contribution in [0, 0.1) is 0 Å². The normalized spacial score (nSPS) is 14.3. The first kappa shape index (κ1) is 16.6. The van der Waals surface area contributed by atoms with Gasteiger partial charge in [0.15, 0.2) is 0 Å². The van der Waals surface area contributed by atoms with Crippen molar-refractivity contribution in [1.82, 2.24) is 15.2 Å². The van der Waals surface area contributed by atoms with E-state index in [1.165, 1.54) is 12.3 Å². The summed E-state index contributed by atoms with van der Waals surface area (Å²) in [6.07, 6.45) is 3.50. The Bertz CT molecular complexity index is 1000. The number of rotatable bonds is 7. The molecule has 2 heterocycles. The van der Waals surface area contributed by atoms with E-state index < -0.39 is 10.0 Å². The van der Waals surface area contributed by atoms with Crippen LogP contribution in [-0.2, 0) is 10.0 Å². The van der Waals surface area contributed by atoms with Crippen molar-refractivity contribution in [1.29, 1.82) is 0 Å². The van der Waals surface area contributed by atoms with Gasteiger partial charge >= 0.3 is 0 Å². The molecule has 0 aliphatic heterocycles. The van der Waals surface area contributed by atoms with Crippen LogP contribution < -0.4 is 9.46 Å². The van der Waals surface area contributed by atoms with Crippen LogP contribution in [0.25, 0.3) is 11.6 Å². The predicted octanol–water partition coefficient (Wildman–Crippen LogP) is 3.14. The molecule has 1 fully saturated rings. The highest BCUT2D eigenvalue weighted by molar-refractivity contribution is 7.92. The smallest absolute Gasteiger partial charge is 0.264 e. The number of hydrogen-bond donors (Lipinski definition) is 2. The van der Waals surface area contributed by atoms with Gasteiger partial charge in [0.1, 0.15) is 16.3 Å². The fourth-order valence-corrected chi connectivity index (χ4v) is 3.54. The maximum atomic E-state index is 12.6. The number of ether oxygens (including phenoxy) is 1. The van der Waals surface area contributed by atoms with Gasteiger partial charge in [0.25, 0.3) is 15.9 Å². The third-order valence-electron chi connectivity index (χ3n) is 3.98. The van der Waals surface area contributed by atoms with E-state index in [4.69, 9.17) is 9.15 Å². The van der Waals surface area contributed by atoms with Gasteiger partial charge < -0.3 is 14.1 Å². The van der Waals surface area contributed by atoms with Gasteiger partial charge in [-0.2, -0.15) is 0 Å². The molecule has 9 heteroatoms. The molecule has 1 saturated carbocycles. The number of H-pyrrole nitrogens is 1. The lowest BCUT2D eigenvalue weighted by Gasteiger charge is -2.07. The van der Waals surface area contributed by atoms with Crippen LogP contribution in [0.2, 0.25) is 0 Å². The molecule has 0 saturated heterocycles. The second-order valence-corrected chi connectivity index (χ2v) is 7.71. The van der Waals surface area contributed by atoms with Crippen LogP contribution in [0.4, 0.5) is 5.69 Å². The average Bonchev–Trinajstić information content (AvgIpc) is 3.14. The van der Waals surface area contributed by atoms with Gasteiger partial charge in [-0.15, -0.1) is 10.2 Å². The van der Waals surface area contributed by atoms with E-state index in [-0.39, 0.29) is 10.8 Å². The molecule has 0 bridgehead atoms. The number of anilines is 1. The highest BCUT2D eigenvalue weighted by atomic mass is 32.2. The zero-order chi connectivity index (χ0) is 18.1. The standard InChI is InChI=1S/C17H18N4O4S/c1-2-24-13-7-5-12(6-8-13)21-26(22,23)14-9-15(18-10-14)17-20-19-16(25-17)11-3-4-11/h5-11,18,21H,2-4H2,1H3. The first-order chi connectivity index (χ1) is 12.5. The molecular formula is C17H18N4O4S. The lowest BCUT2D eigenvalue weighted by molar-refractivity contribution is 0.340. The van der Waals surface area contributed by atoms with E-state index in [2.05, 4.69) is 19.9 Å². The monoisotopic (exact) mass is 374 g/mol. The van der Waals surface area contributed by atoms with E-state index in [0.717, 1.165) is 12.8 Å². The van der Waals surface area contributed by atoms with E-state index in [9.17, 15) is 8.42 Å². The molecule has 0 unspecified atom stereocenters. The van der Waals surface area contributed by atoms with E-state index >= 15 is 0 Å². The molecule has 0 atom stereocenters. The molecule has 136 valence electrons. The SMILES string of the molecule is CCOc1ccc(NS(=O)(=O)c2c[nH]c(-c3nnc(C4CC4)o3)c2)cc1. The predicted molar refractivity (Wildman–Crippen MR) is 94.5 cm³/mol. The van der Waals surface area contributed by atoms with Crippen LogP contribution in [0.5, 0.6) is 5.75 Å². The molecule has 1 aromatic carbocycles. The summed E-state index contributed by atoms with van der Waals surface area (Å²) in [5, 5.41) is 7.98. The number of benzene rings is 1. The van der Waals surface area contributed by atoms with E-state index in [0.29, 0.717) is 35.5 Å². The van der Waals surface area contributed by atoms with Gasteiger partial charge in [-0.1, -0.05) is 0 Å². The van der Waals surface area contributed by atoms with Gasteiger partial charge in [-0.05, 0) is 50.1 Å². The van der Waals surface area contributed by atoms with Crippen LogP contribution >= 0.6 is 0 Å². The van der Waals surface area contributed by atoms with E-state index in [1.807, 2.05) is 6.92 Å². The van der Waals surface area contributed by atoms with Gasteiger partial charge in [0.2, 0.25) is 5.89 Å². The summed E-state index contributed by atoms with van der Waals surface area (Å²) in [4.78, 5) is 2.97. The molecule has 0 spiro atoms. The molecule has 8 nitrogen and oxygen atoms in total. The Labute approximate surface area is 150 Å². The Morgan fingerprint density at radius 1 is 1.27 bits per heavy atom. The molecule has 1 aliphatic carbocycles. The van der Waals surface area contributed by atoms with Crippen LogP contribution in [0.1, 0.15) is 31.6 Å². The van der Waals surface area contributed by atoms with E-state index in [1.54, 1.807) is 24.3 Å². The molecule has 4 rings (SSSR count). The Kier molecular flexibility index (Phi) is 4.15. The van der Waals surface area contributed by atoms with Crippen LogP contribution in [0.3, 0.4) is 0 Å². The van der Waals surface area contributed by atoms with Gasteiger partial charge in [-0.3, -0.25) is 4.72 Å². The number of aromatic amines is 1. The van der Waals surface area contributed by atoms with Crippen molar-refractivity contribution in [3.05, 3.63) is 42.4 Å². The lowest BCUT2D eigenvalue weighted by Crippen LogP contribution is -2.12. The Hall–Kier alpha value is -2.81. The van der Waals surface area contributed by atoms with Crippen molar-refractivity contribution in [3.8, 4) is 17.3 Å². The average molecular weight is 374 g/mol. The minimum absolute atomic E-state index is 0.0903. The lowest BCUT2D eigenvalue weighted by atomic mass is 10.3. The Balaban J connectivity index is 1.51. The first-order valence-electron chi connectivity index (χ1n) is 8.33. The number of nitrogens with zero attached hydrogens (tertiary/aromatic N) is 2. The number of aromatic nitrogens is 3. The second kappa shape index (κ2) is 6.49. The molecule has 3 aromatic rings. The largest absolute Gasteiger partial charge is 0.494 e. The molecule has 0 amide bonds. The summed E-state index contributed by atoms with van der Waals surface area (Å²) < 4.78 is 38.6. The molecule has 1 aliphatic rings. The number of nitrogens with one attached hydrogen (secondary N) is 2. The van der Waals surface area contributed by atoms with Crippen molar-refractivity contribution >= 4 is 15.7 Å². The summed E-state index contributed by atoms with van der Waals surface area (Å²) in [7, 11) is -3.73. The summed E-state index contributed by atoms with van der Waals surface area (Å²) in [6.45, 7) is 2.44. The minimum atomic E-state index is -3.73. The van der Waals surface area contributed by atoms with Crippen molar-refractivity contribution in [3.63, 3.8) is 0 Å². The summed E-state index contributed by atoms with van der Waals surface area (Å²) in [5.41, 5.74) is 0.918. The highest BCUT2D eigenvalue weighted by Crippen LogP contribution is 2.39. The number of hydrogen-bond acceptors (Lipinski definition) is 6. The van der Waals surface area contributed by atoms with Gasteiger partial charge in [0, 0.05) is 17.8 Å². The Morgan fingerprint density at radius 3 is 2.73 bits per heavy atom.